The van der Waals surface area contributed by atoms with Crippen LogP contribution in [0.15, 0.2) is 0 Å². The van der Waals surface area contributed by atoms with Gasteiger partial charge in [-0.25, -0.2) is 0 Å². The minimum absolute atomic E-state index is 1.15. The second-order valence-corrected chi connectivity index (χ2v) is 7.40. The zero-order valence-corrected chi connectivity index (χ0v) is 11.5. The molecule has 5 heteroatoms. The zero-order chi connectivity index (χ0) is 9.28. The molecule has 0 unspecified atom stereocenters. The van der Waals surface area contributed by atoms with Crippen LogP contribution in [0.2, 0.25) is 0 Å². The van der Waals surface area contributed by atoms with E-state index in [0.29, 0.717) is 0 Å². The van der Waals surface area contributed by atoms with Crippen LogP contribution in [0.1, 0.15) is 0 Å². The van der Waals surface area contributed by atoms with Crippen LogP contribution in [0.3, 0.4) is 0 Å². The maximum absolute atomic E-state index is 2.97. The van der Waals surface area contributed by atoms with E-state index in [0.717, 1.165) is 13.1 Å². The van der Waals surface area contributed by atoms with Crippen LogP contribution in [0, 0.1) is 0 Å². The maximum atomic E-state index is 2.97. The topological polar surface area (TPSA) is 6.48 Å². The fraction of sp³-hybridized carbons (Fsp3) is 1.00. The molecule has 0 aromatic rings. The van der Waals surface area contributed by atoms with Gasteiger partial charge in [-0.1, -0.05) is 0 Å². The molecule has 0 saturated carbocycles. The van der Waals surface area contributed by atoms with Crippen LogP contribution in [0.5, 0.6) is 0 Å². The third-order valence-corrected chi connectivity index (χ3v) is 0.994. The molecule has 0 atom stereocenters. The van der Waals surface area contributed by atoms with Gasteiger partial charge in [0.2, 0.25) is 0 Å². The fourth-order valence-electron chi connectivity index (χ4n) is 0.400. The summed E-state index contributed by atoms with van der Waals surface area (Å²) in [4.78, 5) is 4.36. The summed E-state index contributed by atoms with van der Waals surface area (Å²) in [7, 11) is 8.35. The molecule has 0 spiro atoms. The van der Waals surface area contributed by atoms with Gasteiger partial charge in [0.25, 0.3) is 0 Å². The third kappa shape index (κ3) is 24.6. The van der Waals surface area contributed by atoms with Crippen LogP contribution in [-0.4, -0.2) is 51.1 Å². The van der Waals surface area contributed by atoms with Crippen LogP contribution in [0.25, 0.3) is 0 Å². The standard InChI is InChI=1S/C6H16N2.2BrH.Cu/c1-7(2)5-6-8(3)4;;;/h5-6H2,1-4H3;2*1H;/q;;;+2/p-2. The SMILES string of the molecule is CN(C)CCN(C)C.[Br][Cu][Br]. The van der Waals surface area contributed by atoms with E-state index in [-0.39, 0.29) is 0 Å². The molecule has 0 heterocycles. The monoisotopic (exact) mass is 337 g/mol. The Morgan fingerprint density at radius 3 is 1.18 bits per heavy atom. The van der Waals surface area contributed by atoms with E-state index in [1.165, 1.54) is 11.3 Å². The van der Waals surface area contributed by atoms with Gasteiger partial charge in [0.1, 0.15) is 0 Å². The number of hydrogen-bond donors (Lipinski definition) is 0. The van der Waals surface area contributed by atoms with E-state index in [1.54, 1.807) is 0 Å². The summed E-state index contributed by atoms with van der Waals surface area (Å²) < 4.78 is 0. The molecule has 0 saturated heterocycles. The second kappa shape index (κ2) is 11.4. The second-order valence-electron chi connectivity index (χ2n) is 2.65. The van der Waals surface area contributed by atoms with E-state index in [2.05, 4.69) is 66.2 Å². The van der Waals surface area contributed by atoms with Crippen LogP contribution in [0.4, 0.5) is 0 Å². The van der Waals surface area contributed by atoms with E-state index in [9.17, 15) is 0 Å². The van der Waals surface area contributed by atoms with E-state index in [1.807, 2.05) is 0 Å². The van der Waals surface area contributed by atoms with Gasteiger partial charge in [-0.2, -0.15) is 0 Å². The minimum atomic E-state index is 1.15. The third-order valence-electron chi connectivity index (χ3n) is 0.994. The predicted octanol–water partition coefficient (Wildman–Crippen LogP) is 1.80. The van der Waals surface area contributed by atoms with E-state index in [4.69, 9.17) is 0 Å². The molecule has 0 bridgehead atoms. The molecule has 0 aliphatic rings. The first-order valence-electron chi connectivity index (χ1n) is 3.15. The van der Waals surface area contributed by atoms with Gasteiger partial charge in [-0.05, 0) is 28.2 Å². The van der Waals surface area contributed by atoms with Gasteiger partial charge in [-0.3, -0.25) is 0 Å². The molecule has 0 amide bonds. The number of likely N-dealkylation sites (N-methyl/N-ethyl adjacent to an activating group) is 2. The summed E-state index contributed by atoms with van der Waals surface area (Å²) in [6.45, 7) is 2.29. The first kappa shape index (κ1) is 14.9. The number of rotatable bonds is 3. The molecule has 11 heavy (non-hydrogen) atoms. The Hall–Kier alpha value is 1.40. The molecule has 0 aliphatic heterocycles. The molecular weight excluding hydrogens is 323 g/mol. The Morgan fingerprint density at radius 2 is 1.09 bits per heavy atom. The molecule has 2 nitrogen and oxygen atoms in total. The van der Waals surface area contributed by atoms with Crippen LogP contribution < -0.4 is 0 Å². The Labute approximate surface area is 90.2 Å². The zero-order valence-electron chi connectivity index (χ0n) is 7.37. The summed E-state index contributed by atoms with van der Waals surface area (Å²) in [5.74, 6) is 0. The molecule has 0 aromatic carbocycles. The average Bonchev–Trinajstić information content (AvgIpc) is 1.85. The fourth-order valence-corrected chi connectivity index (χ4v) is 0.400. The van der Waals surface area contributed by atoms with Gasteiger partial charge in [0.15, 0.2) is 0 Å². The van der Waals surface area contributed by atoms with Gasteiger partial charge in [0, 0.05) is 13.1 Å². The van der Waals surface area contributed by atoms with Crippen molar-refractivity contribution < 1.29 is 11.3 Å². The predicted molar refractivity (Wildman–Crippen MR) is 55.0 cm³/mol. The van der Waals surface area contributed by atoms with Gasteiger partial charge in [0.05, 0.1) is 0 Å². The Balaban J connectivity index is 0. The van der Waals surface area contributed by atoms with Crippen molar-refractivity contribution in [1.82, 2.24) is 9.80 Å². The molecule has 0 rings (SSSR count). The number of hydrogen-bond acceptors (Lipinski definition) is 2. The van der Waals surface area contributed by atoms with Crippen molar-refractivity contribution in [2.24, 2.45) is 0 Å². The molecular formula is C6H16Br2CuN2. The van der Waals surface area contributed by atoms with Crippen molar-refractivity contribution in [3.05, 3.63) is 0 Å². The average molecular weight is 340 g/mol. The number of nitrogens with zero attached hydrogens (tertiary/aromatic N) is 2. The molecule has 0 fully saturated rings. The first-order chi connectivity index (χ1) is 5.04. The molecule has 0 aliphatic carbocycles. The molecule has 0 aromatic heterocycles. The van der Waals surface area contributed by atoms with Crippen LogP contribution >= 0.6 is 28.2 Å². The van der Waals surface area contributed by atoms with Crippen LogP contribution in [-0.2, 0) is 11.3 Å². The Kier molecular flexibility index (Phi) is 15.4. The summed E-state index contributed by atoms with van der Waals surface area (Å²) in [5.41, 5.74) is 0. The molecule has 75 valence electrons. The molecule has 0 N–H and O–H groups in total. The Morgan fingerprint density at radius 1 is 0.909 bits per heavy atom. The van der Waals surface area contributed by atoms with Crippen molar-refractivity contribution in [3.63, 3.8) is 0 Å². The Bertz CT molecular complexity index is 63.6. The van der Waals surface area contributed by atoms with Crippen molar-refractivity contribution in [3.8, 4) is 0 Å². The quantitative estimate of drug-likeness (QED) is 0.724. The number of halogens is 2. The van der Waals surface area contributed by atoms with Gasteiger partial charge in [-0.15, -0.1) is 0 Å². The van der Waals surface area contributed by atoms with Gasteiger partial charge >= 0.3 is 39.6 Å². The van der Waals surface area contributed by atoms with Gasteiger partial charge < -0.3 is 9.80 Å². The summed E-state index contributed by atoms with van der Waals surface area (Å²) in [6.07, 6.45) is 0. The first-order valence-corrected chi connectivity index (χ1v) is 7.80. The van der Waals surface area contributed by atoms with E-state index < -0.39 is 0 Å². The van der Waals surface area contributed by atoms with E-state index >= 15 is 0 Å². The molecule has 0 radical (unpaired) electrons. The summed E-state index contributed by atoms with van der Waals surface area (Å²) >= 11 is 7.38. The van der Waals surface area contributed by atoms with Crippen molar-refractivity contribution >= 4 is 28.2 Å². The van der Waals surface area contributed by atoms with Crippen molar-refractivity contribution in [2.75, 3.05) is 41.3 Å². The van der Waals surface area contributed by atoms with Crippen molar-refractivity contribution in [1.29, 1.82) is 0 Å². The summed E-state index contributed by atoms with van der Waals surface area (Å²) in [5, 5.41) is 0. The van der Waals surface area contributed by atoms with Crippen molar-refractivity contribution in [2.45, 2.75) is 0 Å². The summed E-state index contributed by atoms with van der Waals surface area (Å²) in [6, 6.07) is 0. The normalized spacial score (nSPS) is 10.2.